The van der Waals surface area contributed by atoms with Gasteiger partial charge in [0.05, 0.1) is 6.61 Å². The van der Waals surface area contributed by atoms with Crippen LogP contribution in [0, 0.1) is 11.6 Å². The molecule has 0 fully saturated rings. The zero-order valence-electron chi connectivity index (χ0n) is 11.7. The average molecular weight is 293 g/mol. The maximum atomic E-state index is 13.9. The summed E-state index contributed by atoms with van der Waals surface area (Å²) in [5.74, 6) is -1.02. The van der Waals surface area contributed by atoms with Crippen LogP contribution in [0.5, 0.6) is 11.5 Å². The van der Waals surface area contributed by atoms with Gasteiger partial charge in [-0.15, -0.1) is 0 Å². The van der Waals surface area contributed by atoms with Crippen molar-refractivity contribution in [1.82, 2.24) is 5.32 Å². The van der Waals surface area contributed by atoms with Gasteiger partial charge in [-0.2, -0.15) is 0 Å². The molecule has 0 heterocycles. The Hall–Kier alpha value is -1.98. The topological polar surface area (TPSA) is 30.5 Å². The van der Waals surface area contributed by atoms with Crippen LogP contribution in [0.3, 0.4) is 0 Å². The molecule has 3 nitrogen and oxygen atoms in total. The molecular weight excluding hydrogens is 276 g/mol. The van der Waals surface area contributed by atoms with Gasteiger partial charge in [0.2, 0.25) is 0 Å². The third-order valence-electron chi connectivity index (χ3n) is 2.90. The van der Waals surface area contributed by atoms with Crippen molar-refractivity contribution in [3.05, 3.63) is 59.7 Å². The van der Waals surface area contributed by atoms with E-state index in [9.17, 15) is 8.78 Å². The minimum atomic E-state index is -0.529. The Bertz CT molecular complexity index is 590. The van der Waals surface area contributed by atoms with Gasteiger partial charge in [0.25, 0.3) is 0 Å². The van der Waals surface area contributed by atoms with E-state index in [0.717, 1.165) is 0 Å². The van der Waals surface area contributed by atoms with Crippen LogP contribution in [0.1, 0.15) is 5.56 Å². The fraction of sp³-hybridized carbons (Fsp3) is 0.250. The highest BCUT2D eigenvalue weighted by molar-refractivity contribution is 5.39. The zero-order chi connectivity index (χ0) is 15.1. The van der Waals surface area contributed by atoms with Crippen molar-refractivity contribution in [3.63, 3.8) is 0 Å². The monoisotopic (exact) mass is 293 g/mol. The predicted octanol–water partition coefficient (Wildman–Crippen LogP) is 3.49. The number of ether oxygens (including phenoxy) is 2. The SMILES string of the molecule is COCCNCc1cccc(F)c1Oc1ccccc1F. The van der Waals surface area contributed by atoms with E-state index in [-0.39, 0.29) is 11.5 Å². The molecular formula is C16H17F2NO2. The van der Waals surface area contributed by atoms with Gasteiger partial charge in [-0.1, -0.05) is 24.3 Å². The van der Waals surface area contributed by atoms with Gasteiger partial charge in [0.15, 0.2) is 23.1 Å². The molecule has 1 N–H and O–H groups in total. The lowest BCUT2D eigenvalue weighted by atomic mass is 10.2. The van der Waals surface area contributed by atoms with Crippen LogP contribution >= 0.6 is 0 Å². The molecule has 0 radical (unpaired) electrons. The van der Waals surface area contributed by atoms with E-state index < -0.39 is 11.6 Å². The smallest absolute Gasteiger partial charge is 0.167 e. The fourth-order valence-corrected chi connectivity index (χ4v) is 1.84. The number of benzene rings is 2. The number of rotatable bonds is 7. The molecule has 0 saturated heterocycles. The summed E-state index contributed by atoms with van der Waals surface area (Å²) >= 11 is 0. The maximum absolute atomic E-state index is 13.9. The summed E-state index contributed by atoms with van der Waals surface area (Å²) in [6.45, 7) is 1.59. The molecule has 0 unspecified atom stereocenters. The number of halogens is 2. The number of hydrogen-bond acceptors (Lipinski definition) is 3. The Morgan fingerprint density at radius 2 is 1.76 bits per heavy atom. The lowest BCUT2D eigenvalue weighted by molar-refractivity contribution is 0.199. The zero-order valence-corrected chi connectivity index (χ0v) is 11.7. The Morgan fingerprint density at radius 1 is 1.00 bits per heavy atom. The number of methoxy groups -OCH3 is 1. The van der Waals surface area contributed by atoms with Crippen molar-refractivity contribution in [3.8, 4) is 11.5 Å². The van der Waals surface area contributed by atoms with Gasteiger partial charge in [-0.25, -0.2) is 8.78 Å². The van der Waals surface area contributed by atoms with Crippen LogP contribution in [0.25, 0.3) is 0 Å². The molecule has 0 saturated carbocycles. The molecule has 0 atom stereocenters. The molecule has 0 aromatic heterocycles. The van der Waals surface area contributed by atoms with Crippen LogP contribution in [0.4, 0.5) is 8.78 Å². The fourth-order valence-electron chi connectivity index (χ4n) is 1.84. The number of para-hydroxylation sites is 2. The van der Waals surface area contributed by atoms with Crippen LogP contribution in [-0.4, -0.2) is 20.3 Å². The number of nitrogens with one attached hydrogen (secondary N) is 1. The largest absolute Gasteiger partial charge is 0.451 e. The summed E-state index contributed by atoms with van der Waals surface area (Å²) in [5.41, 5.74) is 0.620. The quantitative estimate of drug-likeness (QED) is 0.793. The molecule has 0 aliphatic heterocycles. The molecule has 0 bridgehead atoms. The van der Waals surface area contributed by atoms with Gasteiger partial charge in [0, 0.05) is 25.8 Å². The summed E-state index contributed by atoms with van der Waals surface area (Å²) in [7, 11) is 1.61. The van der Waals surface area contributed by atoms with E-state index in [0.29, 0.717) is 25.3 Å². The standard InChI is InChI=1S/C16H17F2NO2/c1-20-10-9-19-11-12-5-4-7-14(18)16(12)21-15-8-3-2-6-13(15)17/h2-8,19H,9-11H2,1H3. The predicted molar refractivity (Wildman–Crippen MR) is 76.5 cm³/mol. The molecule has 0 aliphatic carbocycles. The van der Waals surface area contributed by atoms with E-state index in [1.54, 1.807) is 31.4 Å². The second-order valence-corrected chi connectivity index (χ2v) is 4.43. The summed E-state index contributed by atoms with van der Waals surface area (Å²) in [5, 5.41) is 3.11. The molecule has 2 rings (SSSR count). The lowest BCUT2D eigenvalue weighted by Gasteiger charge is -2.13. The molecule has 112 valence electrons. The van der Waals surface area contributed by atoms with E-state index in [1.807, 2.05) is 0 Å². The van der Waals surface area contributed by atoms with E-state index >= 15 is 0 Å². The highest BCUT2D eigenvalue weighted by atomic mass is 19.1. The summed E-state index contributed by atoms with van der Waals surface area (Å²) in [6, 6.07) is 10.5. The Kier molecular flexibility index (Phi) is 5.66. The van der Waals surface area contributed by atoms with Gasteiger partial charge in [-0.05, 0) is 18.2 Å². The van der Waals surface area contributed by atoms with Crippen molar-refractivity contribution < 1.29 is 18.3 Å². The van der Waals surface area contributed by atoms with Crippen LogP contribution in [0.2, 0.25) is 0 Å². The average Bonchev–Trinajstić information content (AvgIpc) is 2.49. The van der Waals surface area contributed by atoms with Gasteiger partial charge >= 0.3 is 0 Å². The first kappa shape index (κ1) is 15.4. The first-order valence-corrected chi connectivity index (χ1v) is 6.62. The Morgan fingerprint density at radius 3 is 2.52 bits per heavy atom. The highest BCUT2D eigenvalue weighted by Crippen LogP contribution is 2.29. The minimum absolute atomic E-state index is 0.000687. The van der Waals surface area contributed by atoms with Crippen molar-refractivity contribution in [1.29, 1.82) is 0 Å². The highest BCUT2D eigenvalue weighted by Gasteiger charge is 2.12. The molecule has 0 spiro atoms. The normalized spacial score (nSPS) is 10.6. The molecule has 0 aliphatic rings. The van der Waals surface area contributed by atoms with Gasteiger partial charge in [-0.3, -0.25) is 0 Å². The van der Waals surface area contributed by atoms with Crippen molar-refractivity contribution in [2.24, 2.45) is 0 Å². The Labute approximate surface area is 122 Å². The second-order valence-electron chi connectivity index (χ2n) is 4.43. The maximum Gasteiger partial charge on any atom is 0.167 e. The second kappa shape index (κ2) is 7.71. The third kappa shape index (κ3) is 4.24. The molecule has 21 heavy (non-hydrogen) atoms. The molecule has 2 aromatic carbocycles. The van der Waals surface area contributed by atoms with Crippen molar-refractivity contribution in [2.45, 2.75) is 6.54 Å². The van der Waals surface area contributed by atoms with Gasteiger partial charge < -0.3 is 14.8 Å². The molecule has 2 aromatic rings. The summed E-state index contributed by atoms with van der Waals surface area (Å²) < 4.78 is 37.9. The number of hydrogen-bond donors (Lipinski definition) is 1. The minimum Gasteiger partial charge on any atom is -0.451 e. The van der Waals surface area contributed by atoms with E-state index in [4.69, 9.17) is 9.47 Å². The van der Waals surface area contributed by atoms with Gasteiger partial charge in [0.1, 0.15) is 0 Å². The molecule has 0 amide bonds. The third-order valence-corrected chi connectivity index (χ3v) is 2.90. The van der Waals surface area contributed by atoms with E-state index in [2.05, 4.69) is 5.32 Å². The summed E-state index contributed by atoms with van der Waals surface area (Å²) in [6.07, 6.45) is 0. The first-order chi connectivity index (χ1) is 10.2. The van der Waals surface area contributed by atoms with Crippen LogP contribution in [-0.2, 0) is 11.3 Å². The van der Waals surface area contributed by atoms with E-state index in [1.165, 1.54) is 18.2 Å². The van der Waals surface area contributed by atoms with Crippen LogP contribution in [0.15, 0.2) is 42.5 Å². The lowest BCUT2D eigenvalue weighted by Crippen LogP contribution is -2.19. The molecule has 5 heteroatoms. The van der Waals surface area contributed by atoms with Crippen molar-refractivity contribution in [2.75, 3.05) is 20.3 Å². The Balaban J connectivity index is 2.16. The summed E-state index contributed by atoms with van der Waals surface area (Å²) in [4.78, 5) is 0. The van der Waals surface area contributed by atoms with Crippen LogP contribution < -0.4 is 10.1 Å². The van der Waals surface area contributed by atoms with Crippen molar-refractivity contribution >= 4 is 0 Å². The first-order valence-electron chi connectivity index (χ1n) is 6.62.